The van der Waals surface area contributed by atoms with Gasteiger partial charge in [-0.1, -0.05) is 0 Å². The number of rotatable bonds is 5. The Morgan fingerprint density at radius 3 is 2.77 bits per heavy atom. The Kier molecular flexibility index (Phi) is 3.70. The van der Waals surface area contributed by atoms with Crippen molar-refractivity contribution in [3.63, 3.8) is 0 Å². The third kappa shape index (κ3) is 2.74. The summed E-state index contributed by atoms with van der Waals surface area (Å²) in [6.07, 6.45) is 1.74. The van der Waals surface area contributed by atoms with Crippen molar-refractivity contribution in [1.82, 2.24) is 29.8 Å². The van der Waals surface area contributed by atoms with Crippen molar-refractivity contribution in [3.8, 4) is 11.6 Å². The molecule has 0 saturated carbocycles. The van der Waals surface area contributed by atoms with Crippen LogP contribution in [-0.4, -0.2) is 29.8 Å². The number of hydrogen-bond donors (Lipinski definition) is 0. The van der Waals surface area contributed by atoms with Gasteiger partial charge in [-0.2, -0.15) is 23.7 Å². The molecule has 0 fully saturated rings. The second-order valence-corrected chi connectivity index (χ2v) is 4.84. The minimum absolute atomic E-state index is 0.0289. The number of hydrogen-bond acceptors (Lipinski definition) is 5. The molecule has 0 radical (unpaired) electrons. The largest absolute Gasteiger partial charge is 0.419 e. The van der Waals surface area contributed by atoms with Gasteiger partial charge in [-0.15, -0.1) is 10.2 Å². The van der Waals surface area contributed by atoms with E-state index in [1.807, 2.05) is 24.6 Å². The van der Waals surface area contributed by atoms with Crippen molar-refractivity contribution in [2.45, 2.75) is 33.4 Å². The highest BCUT2D eigenvalue weighted by Gasteiger charge is 2.18. The van der Waals surface area contributed by atoms with E-state index in [9.17, 15) is 8.78 Å². The van der Waals surface area contributed by atoms with Gasteiger partial charge in [0.2, 0.25) is 5.89 Å². The Balaban J connectivity index is 1.74. The van der Waals surface area contributed by atoms with Crippen LogP contribution in [0.25, 0.3) is 11.6 Å². The smallest absolute Gasteiger partial charge is 0.333 e. The van der Waals surface area contributed by atoms with Gasteiger partial charge in [0.1, 0.15) is 5.69 Å². The van der Waals surface area contributed by atoms with E-state index in [2.05, 4.69) is 20.4 Å². The van der Waals surface area contributed by atoms with Crippen molar-refractivity contribution >= 4 is 0 Å². The Hall–Kier alpha value is -2.58. The molecule has 22 heavy (non-hydrogen) atoms. The molecule has 3 aromatic rings. The summed E-state index contributed by atoms with van der Waals surface area (Å²) in [4.78, 5) is 0. The summed E-state index contributed by atoms with van der Waals surface area (Å²) in [7, 11) is 0. The molecule has 0 spiro atoms. The highest BCUT2D eigenvalue weighted by molar-refractivity contribution is 5.45. The molecule has 116 valence electrons. The highest BCUT2D eigenvalue weighted by Crippen LogP contribution is 2.22. The van der Waals surface area contributed by atoms with E-state index in [-0.39, 0.29) is 11.6 Å². The molecule has 3 heterocycles. The van der Waals surface area contributed by atoms with Crippen molar-refractivity contribution in [1.29, 1.82) is 0 Å². The van der Waals surface area contributed by atoms with Crippen LogP contribution in [0.1, 0.15) is 23.8 Å². The average Bonchev–Trinajstić information content (AvgIpc) is 3.15. The zero-order valence-corrected chi connectivity index (χ0v) is 12.1. The molecular formula is C13H14F2N6O. The normalized spacial score (nSPS) is 11.5. The molecular weight excluding hydrogens is 294 g/mol. The number of aryl methyl sites for hydroxylation is 4. The van der Waals surface area contributed by atoms with Gasteiger partial charge >= 0.3 is 6.55 Å². The van der Waals surface area contributed by atoms with Crippen LogP contribution in [-0.2, 0) is 13.0 Å². The highest BCUT2D eigenvalue weighted by atomic mass is 19.3. The third-order valence-corrected chi connectivity index (χ3v) is 3.18. The number of nitrogens with zero attached hydrogens (tertiary/aromatic N) is 6. The lowest BCUT2D eigenvalue weighted by Gasteiger charge is -2.02. The van der Waals surface area contributed by atoms with Crippen molar-refractivity contribution in [3.05, 3.63) is 35.6 Å². The quantitative estimate of drug-likeness (QED) is 0.723. The van der Waals surface area contributed by atoms with E-state index < -0.39 is 6.55 Å². The maximum absolute atomic E-state index is 12.8. The predicted molar refractivity (Wildman–Crippen MR) is 72.2 cm³/mol. The van der Waals surface area contributed by atoms with E-state index in [0.717, 1.165) is 11.4 Å². The van der Waals surface area contributed by atoms with Crippen LogP contribution in [0.15, 0.2) is 22.7 Å². The standard InChI is InChI=1S/C13H14F2N6O/c1-8-7-9(2)20(19-8)6-4-11-17-18-12(22-11)10-3-5-16-21(10)13(14)15/h3,5,7,13H,4,6H2,1-2H3. The zero-order chi connectivity index (χ0) is 15.7. The first-order valence-corrected chi connectivity index (χ1v) is 6.70. The first kappa shape index (κ1) is 14.4. The maximum atomic E-state index is 12.8. The van der Waals surface area contributed by atoms with Gasteiger partial charge in [0.15, 0.2) is 0 Å². The van der Waals surface area contributed by atoms with Crippen LogP contribution in [0.2, 0.25) is 0 Å². The first-order chi connectivity index (χ1) is 10.5. The monoisotopic (exact) mass is 308 g/mol. The lowest BCUT2D eigenvalue weighted by molar-refractivity contribution is 0.0579. The minimum Gasteiger partial charge on any atom is -0.419 e. The van der Waals surface area contributed by atoms with Gasteiger partial charge in [0.05, 0.1) is 5.69 Å². The minimum atomic E-state index is -2.75. The summed E-state index contributed by atoms with van der Waals surface area (Å²) in [5, 5.41) is 15.5. The fourth-order valence-corrected chi connectivity index (χ4v) is 2.20. The Bertz CT molecular complexity index is 775. The number of alkyl halides is 2. The van der Waals surface area contributed by atoms with Gasteiger partial charge in [-0.3, -0.25) is 4.68 Å². The summed E-state index contributed by atoms with van der Waals surface area (Å²) >= 11 is 0. The Morgan fingerprint density at radius 2 is 2.09 bits per heavy atom. The lowest BCUT2D eigenvalue weighted by atomic mass is 10.4. The summed E-state index contributed by atoms with van der Waals surface area (Å²) < 4.78 is 33.3. The van der Waals surface area contributed by atoms with Crippen LogP contribution < -0.4 is 0 Å². The SMILES string of the molecule is Cc1cc(C)n(CCc2nnc(-c3ccnn3C(F)F)o2)n1. The fourth-order valence-electron chi connectivity index (χ4n) is 2.20. The van der Waals surface area contributed by atoms with E-state index in [1.54, 1.807) is 0 Å². The summed E-state index contributed by atoms with van der Waals surface area (Å²) in [5.74, 6) is 0.394. The van der Waals surface area contributed by atoms with Gasteiger partial charge in [-0.25, -0.2) is 0 Å². The zero-order valence-electron chi connectivity index (χ0n) is 12.1. The van der Waals surface area contributed by atoms with Gasteiger partial charge in [0.25, 0.3) is 5.89 Å². The number of halogens is 2. The second-order valence-electron chi connectivity index (χ2n) is 4.84. The molecule has 0 aliphatic carbocycles. The van der Waals surface area contributed by atoms with E-state index >= 15 is 0 Å². The molecule has 0 aliphatic rings. The van der Waals surface area contributed by atoms with Gasteiger partial charge in [-0.05, 0) is 26.0 Å². The molecule has 0 unspecified atom stereocenters. The Morgan fingerprint density at radius 1 is 1.27 bits per heavy atom. The number of aromatic nitrogens is 6. The molecule has 0 amide bonds. The lowest BCUT2D eigenvalue weighted by Crippen LogP contribution is -2.05. The fraction of sp³-hybridized carbons (Fsp3) is 0.385. The van der Waals surface area contributed by atoms with Gasteiger partial charge in [0, 0.05) is 24.9 Å². The molecule has 0 aromatic carbocycles. The summed E-state index contributed by atoms with van der Waals surface area (Å²) in [6, 6.07) is 3.38. The topological polar surface area (TPSA) is 74.6 Å². The van der Waals surface area contributed by atoms with Crippen molar-refractivity contribution in [2.75, 3.05) is 0 Å². The summed E-state index contributed by atoms with van der Waals surface area (Å²) in [5.41, 5.74) is 2.07. The maximum Gasteiger partial charge on any atom is 0.333 e. The predicted octanol–water partition coefficient (Wildman–Crippen LogP) is 2.38. The molecule has 0 aliphatic heterocycles. The molecule has 9 heteroatoms. The van der Waals surface area contributed by atoms with Crippen LogP contribution in [0.5, 0.6) is 0 Å². The molecule has 0 saturated heterocycles. The molecule has 0 bridgehead atoms. The van der Waals surface area contributed by atoms with Crippen molar-refractivity contribution < 1.29 is 13.2 Å². The summed E-state index contributed by atoms with van der Waals surface area (Å²) in [6.45, 7) is 1.70. The van der Waals surface area contributed by atoms with E-state index in [1.165, 1.54) is 12.3 Å². The van der Waals surface area contributed by atoms with Crippen LogP contribution >= 0.6 is 0 Å². The van der Waals surface area contributed by atoms with E-state index in [0.29, 0.717) is 23.5 Å². The molecule has 3 aromatic heterocycles. The Labute approximate surface area is 124 Å². The molecule has 3 rings (SSSR count). The molecule has 0 N–H and O–H groups in total. The average molecular weight is 308 g/mol. The second kappa shape index (κ2) is 5.66. The van der Waals surface area contributed by atoms with Crippen LogP contribution in [0, 0.1) is 13.8 Å². The van der Waals surface area contributed by atoms with Gasteiger partial charge < -0.3 is 4.42 Å². The van der Waals surface area contributed by atoms with Crippen LogP contribution in [0.3, 0.4) is 0 Å². The van der Waals surface area contributed by atoms with Crippen molar-refractivity contribution in [2.24, 2.45) is 0 Å². The van der Waals surface area contributed by atoms with E-state index in [4.69, 9.17) is 4.42 Å². The first-order valence-electron chi connectivity index (χ1n) is 6.70. The molecule has 0 atom stereocenters. The molecule has 7 nitrogen and oxygen atoms in total. The van der Waals surface area contributed by atoms with Crippen LogP contribution in [0.4, 0.5) is 8.78 Å². The third-order valence-electron chi connectivity index (χ3n) is 3.18.